The van der Waals surface area contributed by atoms with E-state index in [-0.39, 0.29) is 17.8 Å². The number of carbonyl (C=O) groups is 2. The Morgan fingerprint density at radius 2 is 1.87 bits per heavy atom. The van der Waals surface area contributed by atoms with Gasteiger partial charge in [0, 0.05) is 17.3 Å². The van der Waals surface area contributed by atoms with E-state index in [1.807, 2.05) is 0 Å². The number of aryl methyl sites for hydroxylation is 1. The van der Waals surface area contributed by atoms with Crippen LogP contribution < -0.4 is 10.7 Å². The van der Waals surface area contributed by atoms with Crippen molar-refractivity contribution in [3.63, 3.8) is 0 Å². The molecule has 0 bridgehead atoms. The summed E-state index contributed by atoms with van der Waals surface area (Å²) in [4.78, 5) is 36.7. The highest BCUT2D eigenvalue weighted by Crippen LogP contribution is 2.33. The highest BCUT2D eigenvalue weighted by molar-refractivity contribution is 5.93. The summed E-state index contributed by atoms with van der Waals surface area (Å²) in [5.41, 5.74) is -3.51. The van der Waals surface area contributed by atoms with Crippen molar-refractivity contribution in [3.8, 4) is 5.69 Å². The van der Waals surface area contributed by atoms with Crippen LogP contribution in [0.3, 0.4) is 0 Å². The lowest BCUT2D eigenvalue weighted by molar-refractivity contribution is -0.142. The first kappa shape index (κ1) is 23.1. The summed E-state index contributed by atoms with van der Waals surface area (Å²) in [5.74, 6) is -1.46. The molecule has 0 spiro atoms. The Morgan fingerprint density at radius 3 is 2.43 bits per heavy atom. The number of carbonyl (C=O) groups excluding carboxylic acids is 2. The molecule has 7 nitrogen and oxygen atoms in total. The van der Waals surface area contributed by atoms with Gasteiger partial charge in [-0.1, -0.05) is 19.1 Å². The Labute approximate surface area is 170 Å². The smallest absolute Gasteiger partial charge is 0.418 e. The Bertz CT molecular complexity index is 1020. The maximum atomic E-state index is 13.4. The fourth-order valence-corrected chi connectivity index (χ4v) is 2.83. The van der Waals surface area contributed by atoms with E-state index in [0.717, 1.165) is 16.8 Å². The summed E-state index contributed by atoms with van der Waals surface area (Å²) in [5, 5.41) is 6.48. The molecule has 1 aromatic carbocycles. The summed E-state index contributed by atoms with van der Waals surface area (Å²) < 4.78 is 45.7. The van der Waals surface area contributed by atoms with Crippen molar-refractivity contribution in [3.05, 3.63) is 57.5 Å². The molecule has 0 unspecified atom stereocenters. The number of amides is 1. The average molecular weight is 425 g/mol. The number of para-hydroxylation sites is 1. The van der Waals surface area contributed by atoms with Gasteiger partial charge in [0.05, 0.1) is 24.8 Å². The minimum Gasteiger partial charge on any atom is -0.469 e. The van der Waals surface area contributed by atoms with Gasteiger partial charge in [-0.25, -0.2) is 4.68 Å². The van der Waals surface area contributed by atoms with Crippen molar-refractivity contribution in [2.24, 2.45) is 0 Å². The molecule has 0 fully saturated rings. The minimum absolute atomic E-state index is 0.126. The second-order valence-corrected chi connectivity index (χ2v) is 7.05. The lowest BCUT2D eigenvalue weighted by Crippen LogP contribution is -2.48. The standard InChI is InChI=1S/C20H22F3N3O4/c1-5-19(3,11-16(28)30-4)24-18(29)17-15(27)10-12(2)26(25-17)14-9-7-6-8-13(14)20(21,22)23/h6-10H,5,11H2,1-4H3,(H,24,29)/t19-/m0/s1. The van der Waals surface area contributed by atoms with Gasteiger partial charge >= 0.3 is 12.1 Å². The van der Waals surface area contributed by atoms with Crippen LogP contribution in [0.25, 0.3) is 5.69 Å². The molecule has 1 heterocycles. The van der Waals surface area contributed by atoms with Gasteiger partial charge in [-0.05, 0) is 32.4 Å². The first-order valence-corrected chi connectivity index (χ1v) is 9.08. The molecule has 1 atom stereocenters. The van der Waals surface area contributed by atoms with E-state index in [9.17, 15) is 27.6 Å². The number of nitrogens with zero attached hydrogens (tertiary/aromatic N) is 2. The topological polar surface area (TPSA) is 90.3 Å². The molecular weight excluding hydrogens is 403 g/mol. The van der Waals surface area contributed by atoms with Crippen LogP contribution >= 0.6 is 0 Å². The Balaban J connectivity index is 2.52. The van der Waals surface area contributed by atoms with Crippen LogP contribution in [0, 0.1) is 6.92 Å². The molecule has 1 aromatic heterocycles. The van der Waals surface area contributed by atoms with Crippen molar-refractivity contribution in [2.45, 2.75) is 45.3 Å². The lowest BCUT2D eigenvalue weighted by Gasteiger charge is -2.28. The summed E-state index contributed by atoms with van der Waals surface area (Å²) in [7, 11) is 1.21. The van der Waals surface area contributed by atoms with E-state index in [1.54, 1.807) is 13.8 Å². The van der Waals surface area contributed by atoms with Crippen molar-refractivity contribution in [1.29, 1.82) is 0 Å². The zero-order valence-corrected chi connectivity index (χ0v) is 17.0. The number of alkyl halides is 3. The molecule has 2 aromatic rings. The number of esters is 1. The molecule has 0 aliphatic carbocycles. The summed E-state index contributed by atoms with van der Waals surface area (Å²) in [6.45, 7) is 4.73. The molecule has 2 rings (SSSR count). The number of halogens is 3. The van der Waals surface area contributed by atoms with E-state index < -0.39 is 40.3 Å². The molecule has 0 saturated heterocycles. The largest absolute Gasteiger partial charge is 0.469 e. The van der Waals surface area contributed by atoms with Crippen molar-refractivity contribution in [2.75, 3.05) is 7.11 Å². The number of aromatic nitrogens is 2. The second kappa shape index (κ2) is 8.68. The molecule has 10 heteroatoms. The first-order valence-electron chi connectivity index (χ1n) is 9.08. The van der Waals surface area contributed by atoms with Gasteiger partial charge < -0.3 is 10.1 Å². The fourth-order valence-electron chi connectivity index (χ4n) is 2.83. The normalized spacial score (nSPS) is 13.4. The Kier molecular flexibility index (Phi) is 6.69. The van der Waals surface area contributed by atoms with Crippen molar-refractivity contribution in [1.82, 2.24) is 15.1 Å². The maximum absolute atomic E-state index is 13.4. The van der Waals surface area contributed by atoms with E-state index in [2.05, 4.69) is 15.2 Å². The summed E-state index contributed by atoms with van der Waals surface area (Å²) >= 11 is 0. The third kappa shape index (κ3) is 5.05. The molecule has 0 aliphatic heterocycles. The van der Waals surface area contributed by atoms with Crippen LogP contribution in [0.15, 0.2) is 35.1 Å². The van der Waals surface area contributed by atoms with Crippen molar-refractivity contribution >= 4 is 11.9 Å². The number of ether oxygens (including phenoxy) is 1. The summed E-state index contributed by atoms with van der Waals surface area (Å²) in [6, 6.07) is 5.76. The van der Waals surface area contributed by atoms with Gasteiger partial charge in [0.1, 0.15) is 0 Å². The van der Waals surface area contributed by atoms with Crippen LogP contribution in [0.5, 0.6) is 0 Å². The molecule has 0 aliphatic rings. The Hall–Kier alpha value is -3.17. The van der Waals surface area contributed by atoms with Crippen LogP contribution in [0.4, 0.5) is 13.2 Å². The summed E-state index contributed by atoms with van der Waals surface area (Å²) in [6.07, 6.45) is -4.47. The van der Waals surface area contributed by atoms with E-state index in [0.29, 0.717) is 6.42 Å². The maximum Gasteiger partial charge on any atom is 0.418 e. The SMILES string of the molecule is CC[C@@](C)(CC(=O)OC)NC(=O)c1nn(-c2ccccc2C(F)(F)F)c(C)cc1=O. The van der Waals surface area contributed by atoms with E-state index >= 15 is 0 Å². The third-order valence-corrected chi connectivity index (χ3v) is 4.72. The van der Waals surface area contributed by atoms with Crippen molar-refractivity contribution < 1.29 is 27.5 Å². The number of nitrogens with one attached hydrogen (secondary N) is 1. The molecule has 0 saturated carbocycles. The first-order chi connectivity index (χ1) is 13.9. The van der Waals surface area contributed by atoms with Crippen LogP contribution in [0.2, 0.25) is 0 Å². The van der Waals surface area contributed by atoms with Crippen LogP contribution in [-0.2, 0) is 15.7 Å². The van der Waals surface area contributed by atoms with E-state index in [1.165, 1.54) is 32.2 Å². The molecule has 1 N–H and O–H groups in total. The van der Waals surface area contributed by atoms with Gasteiger partial charge in [-0.15, -0.1) is 0 Å². The molecule has 162 valence electrons. The Morgan fingerprint density at radius 1 is 1.23 bits per heavy atom. The molecular formula is C20H22F3N3O4. The molecule has 1 amide bonds. The predicted octanol–water partition coefficient (Wildman–Crippen LogP) is 3.02. The lowest BCUT2D eigenvalue weighted by atomic mass is 9.94. The number of rotatable bonds is 6. The number of hydrogen-bond donors (Lipinski definition) is 1. The second-order valence-electron chi connectivity index (χ2n) is 7.05. The van der Waals surface area contributed by atoms with E-state index in [4.69, 9.17) is 0 Å². The third-order valence-electron chi connectivity index (χ3n) is 4.72. The number of benzene rings is 1. The monoisotopic (exact) mass is 425 g/mol. The predicted molar refractivity (Wildman–Crippen MR) is 102 cm³/mol. The fraction of sp³-hybridized carbons (Fsp3) is 0.400. The average Bonchev–Trinajstić information content (AvgIpc) is 2.67. The zero-order valence-electron chi connectivity index (χ0n) is 17.0. The molecule has 0 radical (unpaired) electrons. The highest BCUT2D eigenvalue weighted by Gasteiger charge is 2.35. The van der Waals surface area contributed by atoms with Gasteiger partial charge in [-0.2, -0.15) is 18.3 Å². The van der Waals surface area contributed by atoms with Gasteiger partial charge in [0.2, 0.25) is 5.43 Å². The van der Waals surface area contributed by atoms with Gasteiger partial charge in [0.25, 0.3) is 5.91 Å². The highest BCUT2D eigenvalue weighted by atomic mass is 19.4. The van der Waals surface area contributed by atoms with Gasteiger partial charge in [-0.3, -0.25) is 14.4 Å². The number of methoxy groups -OCH3 is 1. The minimum atomic E-state index is -4.66. The number of hydrogen-bond acceptors (Lipinski definition) is 5. The molecule has 30 heavy (non-hydrogen) atoms. The zero-order chi connectivity index (χ0) is 22.7. The van der Waals surface area contributed by atoms with Crippen LogP contribution in [0.1, 0.15) is 48.4 Å². The quantitative estimate of drug-likeness (QED) is 0.719. The van der Waals surface area contributed by atoms with Gasteiger partial charge in [0.15, 0.2) is 5.69 Å². The van der Waals surface area contributed by atoms with Crippen LogP contribution in [-0.4, -0.2) is 34.3 Å².